The lowest BCUT2D eigenvalue weighted by Gasteiger charge is -2.38. The van der Waals surface area contributed by atoms with Crippen molar-refractivity contribution in [2.45, 2.75) is 45.2 Å². The van der Waals surface area contributed by atoms with Gasteiger partial charge in [0.1, 0.15) is 12.6 Å². The highest BCUT2D eigenvalue weighted by Gasteiger charge is 2.44. The van der Waals surface area contributed by atoms with Gasteiger partial charge in [-0.15, -0.1) is 0 Å². The molecule has 5 heteroatoms. The molecule has 0 radical (unpaired) electrons. The monoisotopic (exact) mass is 238 g/mol. The van der Waals surface area contributed by atoms with E-state index in [0.717, 1.165) is 12.8 Å². The zero-order valence-corrected chi connectivity index (χ0v) is 10.3. The highest BCUT2D eigenvalue weighted by molar-refractivity contribution is 5.98. The third-order valence-electron chi connectivity index (χ3n) is 3.73. The van der Waals surface area contributed by atoms with E-state index in [1.807, 2.05) is 0 Å². The van der Waals surface area contributed by atoms with E-state index in [-0.39, 0.29) is 30.2 Å². The van der Waals surface area contributed by atoms with Gasteiger partial charge >= 0.3 is 0 Å². The summed E-state index contributed by atoms with van der Waals surface area (Å²) >= 11 is 0. The zero-order chi connectivity index (χ0) is 12.6. The summed E-state index contributed by atoms with van der Waals surface area (Å²) in [6, 6.07) is -0.789. The van der Waals surface area contributed by atoms with Crippen molar-refractivity contribution in [2.24, 2.45) is 0 Å². The van der Waals surface area contributed by atoms with Crippen molar-refractivity contribution >= 4 is 17.6 Å². The molecule has 94 valence electrons. The molecule has 0 N–H and O–H groups in total. The molecule has 0 spiro atoms. The summed E-state index contributed by atoms with van der Waals surface area (Å²) in [5, 5.41) is 0. The Morgan fingerprint density at radius 3 is 2.82 bits per heavy atom. The van der Waals surface area contributed by atoms with Gasteiger partial charge in [-0.05, 0) is 19.8 Å². The lowest BCUT2D eigenvalue weighted by atomic mass is 10.1. The van der Waals surface area contributed by atoms with Gasteiger partial charge in [0.05, 0.1) is 6.04 Å². The number of ketones is 1. The molecular weight excluding hydrogens is 220 g/mol. The molecule has 2 saturated heterocycles. The van der Waals surface area contributed by atoms with Crippen LogP contribution < -0.4 is 0 Å². The number of fused-ring (bicyclic) bond motifs is 1. The molecule has 2 aliphatic rings. The normalized spacial score (nSPS) is 26.1. The van der Waals surface area contributed by atoms with E-state index in [1.165, 1.54) is 4.90 Å². The minimum absolute atomic E-state index is 0.0117. The lowest BCUT2D eigenvalue weighted by molar-refractivity contribution is -0.157. The van der Waals surface area contributed by atoms with Crippen LogP contribution in [-0.4, -0.2) is 52.6 Å². The quantitative estimate of drug-likeness (QED) is 0.705. The Kier molecular flexibility index (Phi) is 3.17. The average molecular weight is 238 g/mol. The van der Waals surface area contributed by atoms with E-state index >= 15 is 0 Å². The van der Waals surface area contributed by atoms with E-state index in [4.69, 9.17) is 0 Å². The minimum atomic E-state index is -0.473. The van der Waals surface area contributed by atoms with Crippen molar-refractivity contribution in [3.05, 3.63) is 0 Å². The Hall–Kier alpha value is -1.39. The SMILES string of the molecule is CCC(=O)C(C)N1CC(=O)N2CCCC2C1=O. The number of piperazine rings is 1. The molecule has 17 heavy (non-hydrogen) atoms. The van der Waals surface area contributed by atoms with Crippen molar-refractivity contribution in [1.82, 2.24) is 9.80 Å². The summed E-state index contributed by atoms with van der Waals surface area (Å²) in [7, 11) is 0. The molecule has 5 nitrogen and oxygen atoms in total. The number of carbonyl (C=O) groups excluding carboxylic acids is 3. The van der Waals surface area contributed by atoms with Crippen LogP contribution >= 0.6 is 0 Å². The average Bonchev–Trinajstić information content (AvgIpc) is 2.81. The third kappa shape index (κ3) is 1.94. The summed E-state index contributed by atoms with van der Waals surface area (Å²) in [4.78, 5) is 38.8. The van der Waals surface area contributed by atoms with Crippen LogP contribution in [0.2, 0.25) is 0 Å². The van der Waals surface area contributed by atoms with Crippen molar-refractivity contribution in [2.75, 3.05) is 13.1 Å². The first kappa shape index (κ1) is 12.1. The van der Waals surface area contributed by atoms with Gasteiger partial charge in [-0.3, -0.25) is 14.4 Å². The molecule has 0 aliphatic carbocycles. The van der Waals surface area contributed by atoms with Gasteiger partial charge < -0.3 is 9.80 Å². The number of Topliss-reactive ketones (excluding diaryl/α,β-unsaturated/α-hetero) is 1. The molecule has 2 amide bonds. The first-order valence-corrected chi connectivity index (χ1v) is 6.19. The number of carbonyl (C=O) groups is 3. The third-order valence-corrected chi connectivity index (χ3v) is 3.73. The van der Waals surface area contributed by atoms with E-state index < -0.39 is 6.04 Å². The van der Waals surface area contributed by atoms with Crippen LogP contribution in [-0.2, 0) is 14.4 Å². The van der Waals surface area contributed by atoms with Gasteiger partial charge in [-0.2, -0.15) is 0 Å². The summed E-state index contributed by atoms with van der Waals surface area (Å²) < 4.78 is 0. The number of amides is 2. The van der Waals surface area contributed by atoms with Gasteiger partial charge in [0, 0.05) is 13.0 Å². The van der Waals surface area contributed by atoms with Gasteiger partial charge in [0.15, 0.2) is 5.78 Å². The molecular formula is C12H18N2O3. The highest BCUT2D eigenvalue weighted by Crippen LogP contribution is 2.25. The second-order valence-corrected chi connectivity index (χ2v) is 4.71. The van der Waals surface area contributed by atoms with E-state index in [9.17, 15) is 14.4 Å². The van der Waals surface area contributed by atoms with Gasteiger partial charge in [-0.25, -0.2) is 0 Å². The molecule has 0 aromatic rings. The topological polar surface area (TPSA) is 57.7 Å². The predicted molar refractivity (Wildman–Crippen MR) is 61.2 cm³/mol. The van der Waals surface area contributed by atoms with Crippen molar-refractivity contribution in [3.8, 4) is 0 Å². The lowest BCUT2D eigenvalue weighted by Crippen LogP contribution is -2.60. The fourth-order valence-corrected chi connectivity index (χ4v) is 2.62. The largest absolute Gasteiger partial charge is 0.329 e. The minimum Gasteiger partial charge on any atom is -0.329 e. The first-order valence-electron chi connectivity index (χ1n) is 6.19. The fraction of sp³-hybridized carbons (Fsp3) is 0.750. The second-order valence-electron chi connectivity index (χ2n) is 4.71. The highest BCUT2D eigenvalue weighted by atomic mass is 16.2. The maximum Gasteiger partial charge on any atom is 0.246 e. The Morgan fingerprint density at radius 2 is 2.18 bits per heavy atom. The summed E-state index contributed by atoms with van der Waals surface area (Å²) in [5.41, 5.74) is 0. The van der Waals surface area contributed by atoms with Crippen LogP contribution in [0, 0.1) is 0 Å². The van der Waals surface area contributed by atoms with Crippen LogP contribution in [0.3, 0.4) is 0 Å². The number of hydrogen-bond donors (Lipinski definition) is 0. The number of nitrogens with zero attached hydrogens (tertiary/aromatic N) is 2. The van der Waals surface area contributed by atoms with Gasteiger partial charge in [0.25, 0.3) is 0 Å². The summed E-state index contributed by atoms with van der Waals surface area (Å²) in [5.74, 6) is -0.0724. The van der Waals surface area contributed by atoms with Crippen LogP contribution in [0.1, 0.15) is 33.1 Å². The van der Waals surface area contributed by atoms with E-state index in [0.29, 0.717) is 13.0 Å². The Labute approximate surface area is 101 Å². The molecule has 2 unspecified atom stereocenters. The second kappa shape index (κ2) is 4.47. The molecule has 2 rings (SSSR count). The maximum atomic E-state index is 12.2. The molecule has 0 bridgehead atoms. The fourth-order valence-electron chi connectivity index (χ4n) is 2.62. The number of hydrogen-bond acceptors (Lipinski definition) is 3. The van der Waals surface area contributed by atoms with Gasteiger partial charge in [0.2, 0.25) is 11.8 Å². The Morgan fingerprint density at radius 1 is 1.47 bits per heavy atom. The Bertz CT molecular complexity index is 367. The molecule has 2 heterocycles. The number of rotatable bonds is 3. The molecule has 2 aliphatic heterocycles. The standard InChI is InChI=1S/C12H18N2O3/c1-3-10(15)8(2)14-7-11(16)13-6-4-5-9(13)12(14)17/h8-9H,3-7H2,1-2H3. The summed E-state index contributed by atoms with van der Waals surface area (Å²) in [6.45, 7) is 4.22. The molecule has 2 atom stereocenters. The molecule has 0 saturated carbocycles. The maximum absolute atomic E-state index is 12.2. The van der Waals surface area contributed by atoms with Crippen molar-refractivity contribution in [1.29, 1.82) is 0 Å². The van der Waals surface area contributed by atoms with Crippen LogP contribution in [0.15, 0.2) is 0 Å². The first-order chi connectivity index (χ1) is 8.06. The van der Waals surface area contributed by atoms with Crippen LogP contribution in [0.5, 0.6) is 0 Å². The molecule has 0 aromatic carbocycles. The zero-order valence-electron chi connectivity index (χ0n) is 10.3. The smallest absolute Gasteiger partial charge is 0.246 e. The molecule has 2 fully saturated rings. The van der Waals surface area contributed by atoms with Gasteiger partial charge in [-0.1, -0.05) is 6.92 Å². The van der Waals surface area contributed by atoms with Crippen LogP contribution in [0.25, 0.3) is 0 Å². The van der Waals surface area contributed by atoms with Crippen LogP contribution in [0.4, 0.5) is 0 Å². The van der Waals surface area contributed by atoms with Crippen molar-refractivity contribution < 1.29 is 14.4 Å². The predicted octanol–water partition coefficient (Wildman–Crippen LogP) is 0.187. The van der Waals surface area contributed by atoms with E-state index in [1.54, 1.807) is 18.7 Å². The molecule has 0 aromatic heterocycles. The Balaban J connectivity index is 2.17. The van der Waals surface area contributed by atoms with Crippen molar-refractivity contribution in [3.63, 3.8) is 0 Å². The van der Waals surface area contributed by atoms with E-state index in [2.05, 4.69) is 0 Å². The summed E-state index contributed by atoms with van der Waals surface area (Å²) in [6.07, 6.45) is 2.01.